The molecule has 1 rings (SSSR count). The number of nitro groups is 1. The molecule has 0 radical (unpaired) electrons. The lowest BCUT2D eigenvalue weighted by Crippen LogP contribution is -2.08. The summed E-state index contributed by atoms with van der Waals surface area (Å²) in [5, 5.41) is 11.0. The smallest absolute Gasteiger partial charge is 0.243 e. The summed E-state index contributed by atoms with van der Waals surface area (Å²) < 4.78 is 0. The summed E-state index contributed by atoms with van der Waals surface area (Å²) in [6.07, 6.45) is 1.46. The Hall–Kier alpha value is -1.55. The molecule has 0 fully saturated rings. The highest BCUT2D eigenvalue weighted by Gasteiger charge is 2.06. The lowest BCUT2D eigenvalue weighted by atomic mass is 10.1. The quantitative estimate of drug-likeness (QED) is 0.603. The molecule has 0 saturated carbocycles. The molecule has 0 atom stereocenters. The first-order chi connectivity index (χ1) is 7.41. The number of anilines is 1. The fraction of sp³-hybridized carbons (Fsp3) is 0.273. The molecule has 0 saturated heterocycles. The second-order valence-corrected chi connectivity index (χ2v) is 4.05. The minimum absolute atomic E-state index is 0.0690. The van der Waals surface area contributed by atoms with Gasteiger partial charge in [0.25, 0.3) is 0 Å². The van der Waals surface area contributed by atoms with E-state index >= 15 is 0 Å². The maximum atomic E-state index is 10.5. The number of halogens is 1. The predicted molar refractivity (Wildman–Crippen MR) is 66.4 cm³/mol. The largest absolute Gasteiger partial charge is 0.378 e. The summed E-state index contributed by atoms with van der Waals surface area (Å²) in [5.74, 6) is 0. The van der Waals surface area contributed by atoms with Gasteiger partial charge in [-0.25, -0.2) is 0 Å². The highest BCUT2D eigenvalue weighted by atomic mass is 35.5. The van der Waals surface area contributed by atoms with Crippen molar-refractivity contribution in [2.45, 2.75) is 6.92 Å². The molecule has 5 heteroatoms. The van der Waals surface area contributed by atoms with Gasteiger partial charge in [0.1, 0.15) is 0 Å². The van der Waals surface area contributed by atoms with Gasteiger partial charge in [-0.1, -0.05) is 17.7 Å². The number of nitrogens with zero attached hydrogens (tertiary/aromatic N) is 2. The van der Waals surface area contributed by atoms with Gasteiger partial charge in [0.2, 0.25) is 5.70 Å². The van der Waals surface area contributed by atoms with Gasteiger partial charge in [0.15, 0.2) is 0 Å². The molecule has 0 heterocycles. The molecule has 1 aromatic carbocycles. The van der Waals surface area contributed by atoms with Gasteiger partial charge in [0.05, 0.1) is 9.95 Å². The first-order valence-electron chi connectivity index (χ1n) is 4.71. The zero-order chi connectivity index (χ0) is 12.3. The molecular formula is C11H13ClN2O2. The van der Waals surface area contributed by atoms with Crippen molar-refractivity contribution < 1.29 is 4.92 Å². The predicted octanol–water partition coefficient (Wildman–Crippen LogP) is 3.04. The van der Waals surface area contributed by atoms with Gasteiger partial charge in [-0.2, -0.15) is 0 Å². The molecule has 0 spiro atoms. The molecule has 0 N–H and O–H groups in total. The fourth-order valence-electron chi connectivity index (χ4n) is 1.19. The molecule has 0 bridgehead atoms. The molecule has 86 valence electrons. The van der Waals surface area contributed by atoms with E-state index < -0.39 is 4.92 Å². The van der Waals surface area contributed by atoms with Crippen molar-refractivity contribution in [3.05, 3.63) is 44.6 Å². The lowest BCUT2D eigenvalue weighted by molar-refractivity contribution is -0.422. The molecule has 16 heavy (non-hydrogen) atoms. The SMILES string of the molecule is C/C(=C/c1ccc(N(C)C)cc1Cl)[N+](=O)[O-]. The van der Waals surface area contributed by atoms with Crippen LogP contribution in [0.25, 0.3) is 6.08 Å². The number of hydrogen-bond donors (Lipinski definition) is 0. The van der Waals surface area contributed by atoms with E-state index in [0.717, 1.165) is 5.69 Å². The van der Waals surface area contributed by atoms with Gasteiger partial charge >= 0.3 is 0 Å². The lowest BCUT2D eigenvalue weighted by Gasteiger charge is -2.13. The summed E-state index contributed by atoms with van der Waals surface area (Å²) in [5.41, 5.74) is 1.68. The third kappa shape index (κ3) is 2.97. The highest BCUT2D eigenvalue weighted by molar-refractivity contribution is 6.32. The number of benzene rings is 1. The minimum Gasteiger partial charge on any atom is -0.378 e. The van der Waals surface area contributed by atoms with Crippen LogP contribution >= 0.6 is 11.6 Å². The van der Waals surface area contributed by atoms with Crippen LogP contribution in [0.1, 0.15) is 12.5 Å². The molecular weight excluding hydrogens is 228 g/mol. The van der Waals surface area contributed by atoms with Crippen LogP contribution in [-0.4, -0.2) is 19.0 Å². The zero-order valence-corrected chi connectivity index (χ0v) is 10.2. The molecule has 0 amide bonds. The van der Waals surface area contributed by atoms with Crippen molar-refractivity contribution >= 4 is 23.4 Å². The average molecular weight is 241 g/mol. The fourth-order valence-corrected chi connectivity index (χ4v) is 1.42. The molecule has 1 aromatic rings. The molecule has 0 aliphatic rings. The first kappa shape index (κ1) is 12.5. The Kier molecular flexibility index (Phi) is 3.90. The average Bonchev–Trinajstić information content (AvgIpc) is 2.20. The van der Waals surface area contributed by atoms with E-state index in [1.165, 1.54) is 13.0 Å². The molecule has 0 unspecified atom stereocenters. The first-order valence-corrected chi connectivity index (χ1v) is 5.09. The van der Waals surface area contributed by atoms with Crippen molar-refractivity contribution in [3.8, 4) is 0 Å². The standard InChI is InChI=1S/C11H13ClN2O2/c1-8(14(15)16)6-9-4-5-10(13(2)3)7-11(9)12/h4-7H,1-3H3/b8-6-. The van der Waals surface area contributed by atoms with E-state index in [9.17, 15) is 10.1 Å². The third-order valence-electron chi connectivity index (χ3n) is 2.15. The molecule has 0 aliphatic carbocycles. The third-order valence-corrected chi connectivity index (χ3v) is 2.48. The molecule has 4 nitrogen and oxygen atoms in total. The summed E-state index contributed by atoms with van der Waals surface area (Å²) in [4.78, 5) is 12.0. The number of hydrogen-bond acceptors (Lipinski definition) is 3. The summed E-state index contributed by atoms with van der Waals surface area (Å²) in [6.45, 7) is 1.44. The Bertz CT molecular complexity index is 442. The summed E-state index contributed by atoms with van der Waals surface area (Å²) in [6, 6.07) is 5.41. The summed E-state index contributed by atoms with van der Waals surface area (Å²) >= 11 is 6.03. The minimum atomic E-state index is -0.434. The molecule has 0 aliphatic heterocycles. The monoisotopic (exact) mass is 240 g/mol. The van der Waals surface area contributed by atoms with E-state index in [0.29, 0.717) is 10.6 Å². The van der Waals surface area contributed by atoms with Crippen molar-refractivity contribution in [1.29, 1.82) is 0 Å². The van der Waals surface area contributed by atoms with E-state index in [1.807, 2.05) is 25.1 Å². The highest BCUT2D eigenvalue weighted by Crippen LogP contribution is 2.24. The van der Waals surface area contributed by atoms with Crippen LogP contribution in [0, 0.1) is 10.1 Å². The Morgan fingerprint density at radius 2 is 2.12 bits per heavy atom. The van der Waals surface area contributed by atoms with Crippen molar-refractivity contribution in [2.75, 3.05) is 19.0 Å². The van der Waals surface area contributed by atoms with E-state index in [1.54, 1.807) is 12.1 Å². The van der Waals surface area contributed by atoms with Crippen LogP contribution in [0.2, 0.25) is 5.02 Å². The van der Waals surface area contributed by atoms with E-state index in [2.05, 4.69) is 0 Å². The van der Waals surface area contributed by atoms with E-state index in [-0.39, 0.29) is 5.70 Å². The second kappa shape index (κ2) is 4.99. The van der Waals surface area contributed by atoms with Crippen molar-refractivity contribution in [3.63, 3.8) is 0 Å². The Balaban J connectivity index is 3.09. The van der Waals surface area contributed by atoms with Gasteiger partial charge in [-0.05, 0) is 17.7 Å². The van der Waals surface area contributed by atoms with Crippen molar-refractivity contribution in [2.24, 2.45) is 0 Å². The van der Waals surface area contributed by atoms with Crippen LogP contribution < -0.4 is 4.90 Å². The topological polar surface area (TPSA) is 46.4 Å². The Morgan fingerprint density at radius 1 is 1.50 bits per heavy atom. The number of allylic oxidation sites excluding steroid dienone is 1. The van der Waals surface area contributed by atoms with Crippen LogP contribution in [0.4, 0.5) is 5.69 Å². The Morgan fingerprint density at radius 3 is 2.56 bits per heavy atom. The maximum Gasteiger partial charge on any atom is 0.243 e. The second-order valence-electron chi connectivity index (χ2n) is 3.64. The van der Waals surface area contributed by atoms with Crippen LogP contribution in [0.5, 0.6) is 0 Å². The van der Waals surface area contributed by atoms with Gasteiger partial charge in [-0.15, -0.1) is 0 Å². The normalized spacial score (nSPS) is 11.4. The van der Waals surface area contributed by atoms with Gasteiger partial charge < -0.3 is 4.90 Å². The van der Waals surface area contributed by atoms with Crippen LogP contribution in [0.3, 0.4) is 0 Å². The molecule has 0 aromatic heterocycles. The van der Waals surface area contributed by atoms with Crippen LogP contribution in [-0.2, 0) is 0 Å². The Labute approximate surface area is 99.3 Å². The maximum absolute atomic E-state index is 10.5. The van der Waals surface area contributed by atoms with Gasteiger partial charge in [-0.3, -0.25) is 10.1 Å². The van der Waals surface area contributed by atoms with E-state index in [4.69, 9.17) is 11.6 Å². The number of rotatable bonds is 3. The van der Waals surface area contributed by atoms with Gasteiger partial charge in [0, 0.05) is 32.8 Å². The summed E-state index contributed by atoms with van der Waals surface area (Å²) in [7, 11) is 3.81. The van der Waals surface area contributed by atoms with Crippen molar-refractivity contribution in [1.82, 2.24) is 0 Å². The van der Waals surface area contributed by atoms with Crippen LogP contribution in [0.15, 0.2) is 23.9 Å². The zero-order valence-electron chi connectivity index (χ0n) is 9.40.